The van der Waals surface area contributed by atoms with Crippen molar-refractivity contribution >= 4 is 35.1 Å². The predicted octanol–water partition coefficient (Wildman–Crippen LogP) is 7.36. The lowest BCUT2D eigenvalue weighted by Gasteiger charge is -2.00. The van der Waals surface area contributed by atoms with E-state index >= 15 is 0 Å². The summed E-state index contributed by atoms with van der Waals surface area (Å²) in [6.07, 6.45) is 6.22. The highest BCUT2D eigenvalue weighted by Gasteiger charge is 2.05. The lowest BCUT2D eigenvalue weighted by atomic mass is 10.0. The minimum atomic E-state index is -0.196. The number of hydrogen-bond donors (Lipinski definition) is 0. The van der Waals surface area contributed by atoms with Crippen LogP contribution in [0.2, 0.25) is 0 Å². The quantitative estimate of drug-likeness (QED) is 0.124. The van der Waals surface area contributed by atoms with E-state index in [9.17, 15) is 9.59 Å². The van der Waals surface area contributed by atoms with Gasteiger partial charge in [-0.05, 0) is 34.3 Å². The van der Waals surface area contributed by atoms with E-state index in [4.69, 9.17) is 11.1 Å². The molecule has 0 fully saturated rings. The maximum Gasteiger partial charge on any atom is 0.185 e. The van der Waals surface area contributed by atoms with Crippen LogP contribution in [0.15, 0.2) is 95.2 Å². The lowest BCUT2D eigenvalue weighted by molar-refractivity contribution is 0.103. The highest BCUT2D eigenvalue weighted by Crippen LogP contribution is 2.16. The molecular formula is C24H16N6O2. The zero-order valence-electron chi connectivity index (χ0n) is 16.7. The molecule has 3 aromatic carbocycles. The van der Waals surface area contributed by atoms with Crippen LogP contribution < -0.4 is 0 Å². The van der Waals surface area contributed by atoms with Gasteiger partial charge in [0.05, 0.1) is 0 Å². The van der Waals surface area contributed by atoms with Crippen LogP contribution in [0.5, 0.6) is 0 Å². The van der Waals surface area contributed by atoms with E-state index in [2.05, 4.69) is 20.1 Å². The Morgan fingerprint density at radius 1 is 0.594 bits per heavy atom. The van der Waals surface area contributed by atoms with Gasteiger partial charge < -0.3 is 0 Å². The summed E-state index contributed by atoms with van der Waals surface area (Å²) in [6.45, 7) is 0. The summed E-state index contributed by atoms with van der Waals surface area (Å²) in [7, 11) is 0. The Kier molecular flexibility index (Phi) is 7.33. The highest BCUT2D eigenvalue weighted by molar-refractivity contribution is 6.09. The molecule has 0 bridgehead atoms. The third kappa shape index (κ3) is 6.05. The number of carbonyl (C=O) groups is 2. The molecule has 8 heteroatoms. The van der Waals surface area contributed by atoms with Crippen molar-refractivity contribution in [3.05, 3.63) is 128 Å². The molecule has 0 heterocycles. The van der Waals surface area contributed by atoms with Crippen LogP contribution in [0.25, 0.3) is 33.0 Å². The zero-order chi connectivity index (χ0) is 22.8. The second-order valence-corrected chi connectivity index (χ2v) is 6.53. The topological polar surface area (TPSA) is 132 Å². The molecule has 0 saturated heterocycles. The number of hydrogen-bond acceptors (Lipinski definition) is 4. The fraction of sp³-hybridized carbons (Fsp3) is 0. The SMILES string of the molecule is [N-]=[N+]=Nc1ccc(C=CC(=O)c2ccc(C(=O)C=Cc3ccc(N=[N+]=[N-])cc3)cc2)cc1. The fourth-order valence-electron chi connectivity index (χ4n) is 2.74. The molecule has 32 heavy (non-hydrogen) atoms. The Balaban J connectivity index is 1.62. The average Bonchev–Trinajstić information content (AvgIpc) is 2.83. The van der Waals surface area contributed by atoms with Gasteiger partial charge in [0.25, 0.3) is 0 Å². The molecule has 0 aliphatic carbocycles. The van der Waals surface area contributed by atoms with Gasteiger partial charge in [-0.1, -0.05) is 95.2 Å². The van der Waals surface area contributed by atoms with Crippen molar-refractivity contribution in [2.45, 2.75) is 0 Å². The molecule has 0 aromatic heterocycles. The molecule has 8 nitrogen and oxygen atoms in total. The van der Waals surface area contributed by atoms with Gasteiger partial charge in [0.1, 0.15) is 0 Å². The number of rotatable bonds is 8. The second-order valence-electron chi connectivity index (χ2n) is 6.53. The molecule has 0 N–H and O–H groups in total. The van der Waals surface area contributed by atoms with Gasteiger partial charge in [0.15, 0.2) is 11.6 Å². The van der Waals surface area contributed by atoms with Gasteiger partial charge in [0, 0.05) is 32.3 Å². The van der Waals surface area contributed by atoms with Crippen LogP contribution in [-0.4, -0.2) is 11.6 Å². The van der Waals surface area contributed by atoms with Crippen molar-refractivity contribution in [1.82, 2.24) is 0 Å². The first-order valence-electron chi connectivity index (χ1n) is 9.44. The monoisotopic (exact) mass is 420 g/mol. The Labute approximate surface area is 183 Å². The van der Waals surface area contributed by atoms with Crippen molar-refractivity contribution in [3.8, 4) is 0 Å². The first kappa shape index (κ1) is 21.8. The third-order valence-electron chi connectivity index (χ3n) is 4.41. The maximum atomic E-state index is 12.4. The van der Waals surface area contributed by atoms with Crippen LogP contribution in [0.3, 0.4) is 0 Å². The normalized spacial score (nSPS) is 10.5. The van der Waals surface area contributed by atoms with E-state index < -0.39 is 0 Å². The van der Waals surface area contributed by atoms with Gasteiger partial charge in [-0.15, -0.1) is 0 Å². The number of carbonyl (C=O) groups excluding carboxylic acids is 2. The summed E-state index contributed by atoms with van der Waals surface area (Å²) in [6, 6.07) is 20.0. The van der Waals surface area contributed by atoms with E-state index in [-0.39, 0.29) is 11.6 Å². The molecule has 0 atom stereocenters. The number of nitrogens with zero attached hydrogens (tertiary/aromatic N) is 6. The van der Waals surface area contributed by atoms with Crippen LogP contribution >= 0.6 is 0 Å². The molecule has 154 valence electrons. The van der Waals surface area contributed by atoms with Crippen molar-refractivity contribution < 1.29 is 9.59 Å². The standard InChI is InChI=1S/C24H16N6O2/c25-29-27-21-11-1-17(2-12-21)5-15-23(31)19-7-9-20(10-8-19)24(32)16-6-18-3-13-22(14-4-18)28-30-26/h1-16H. The first-order valence-corrected chi connectivity index (χ1v) is 9.44. The summed E-state index contributed by atoms with van der Waals surface area (Å²) in [5, 5.41) is 6.99. The smallest absolute Gasteiger partial charge is 0.185 e. The number of allylic oxidation sites excluding steroid dienone is 2. The van der Waals surface area contributed by atoms with Gasteiger partial charge >= 0.3 is 0 Å². The Bertz CT molecular complexity index is 1180. The molecule has 3 rings (SSSR count). The summed E-state index contributed by atoms with van der Waals surface area (Å²) in [5.41, 5.74) is 20.3. The van der Waals surface area contributed by atoms with Crippen molar-refractivity contribution in [2.24, 2.45) is 10.2 Å². The lowest BCUT2D eigenvalue weighted by Crippen LogP contribution is -1.98. The van der Waals surface area contributed by atoms with Crippen LogP contribution in [-0.2, 0) is 0 Å². The molecule has 0 spiro atoms. The van der Waals surface area contributed by atoms with Gasteiger partial charge in [-0.3, -0.25) is 9.59 Å². The van der Waals surface area contributed by atoms with Gasteiger partial charge in [-0.2, -0.15) is 0 Å². The first-order chi connectivity index (χ1) is 15.6. The fourth-order valence-corrected chi connectivity index (χ4v) is 2.74. The summed E-state index contributed by atoms with van der Waals surface area (Å²) in [5.74, 6) is -0.391. The Hall–Kier alpha value is -4.90. The van der Waals surface area contributed by atoms with Crippen molar-refractivity contribution in [3.63, 3.8) is 0 Å². The molecule has 0 radical (unpaired) electrons. The van der Waals surface area contributed by atoms with Crippen LogP contribution in [0, 0.1) is 0 Å². The minimum Gasteiger partial charge on any atom is -0.289 e. The summed E-state index contributed by atoms with van der Waals surface area (Å²) < 4.78 is 0. The second kappa shape index (κ2) is 10.8. The number of ketones is 2. The molecule has 0 amide bonds. The van der Waals surface area contributed by atoms with E-state index in [1.165, 1.54) is 12.2 Å². The summed E-state index contributed by atoms with van der Waals surface area (Å²) >= 11 is 0. The summed E-state index contributed by atoms with van der Waals surface area (Å²) in [4.78, 5) is 30.2. The van der Waals surface area contributed by atoms with E-state index in [0.29, 0.717) is 22.5 Å². The predicted molar refractivity (Wildman–Crippen MR) is 124 cm³/mol. The Morgan fingerprint density at radius 3 is 1.25 bits per heavy atom. The molecule has 0 unspecified atom stereocenters. The van der Waals surface area contributed by atoms with Crippen LogP contribution in [0.1, 0.15) is 31.8 Å². The van der Waals surface area contributed by atoms with Crippen LogP contribution in [0.4, 0.5) is 11.4 Å². The number of benzene rings is 3. The average molecular weight is 420 g/mol. The van der Waals surface area contributed by atoms with Gasteiger partial charge in [0.2, 0.25) is 0 Å². The molecule has 3 aromatic rings. The van der Waals surface area contributed by atoms with E-state index in [0.717, 1.165) is 11.1 Å². The largest absolute Gasteiger partial charge is 0.289 e. The third-order valence-corrected chi connectivity index (χ3v) is 4.41. The van der Waals surface area contributed by atoms with Gasteiger partial charge in [-0.25, -0.2) is 0 Å². The minimum absolute atomic E-state index is 0.196. The van der Waals surface area contributed by atoms with Crippen molar-refractivity contribution in [1.29, 1.82) is 0 Å². The maximum absolute atomic E-state index is 12.4. The molecule has 0 aliphatic heterocycles. The van der Waals surface area contributed by atoms with Crippen molar-refractivity contribution in [2.75, 3.05) is 0 Å². The van der Waals surface area contributed by atoms with E-state index in [1.807, 2.05) is 0 Å². The zero-order valence-corrected chi connectivity index (χ0v) is 16.7. The highest BCUT2D eigenvalue weighted by atomic mass is 16.1. The number of azide groups is 2. The Morgan fingerprint density at radius 2 is 0.938 bits per heavy atom. The van der Waals surface area contributed by atoms with E-state index in [1.54, 1.807) is 84.9 Å². The molecule has 0 aliphatic rings. The molecule has 0 saturated carbocycles. The molecular weight excluding hydrogens is 404 g/mol.